The van der Waals surface area contributed by atoms with E-state index in [1.807, 2.05) is 30.3 Å². The van der Waals surface area contributed by atoms with Gasteiger partial charge in [-0.15, -0.1) is 0 Å². The number of ether oxygens (including phenoxy) is 3. The molecule has 2 aromatic carbocycles. The zero-order chi connectivity index (χ0) is 31.0. The Labute approximate surface area is 262 Å². The smallest absolute Gasteiger partial charge is 0.410 e. The molecule has 2 aliphatic heterocycles. The van der Waals surface area contributed by atoms with Crippen molar-refractivity contribution < 1.29 is 23.8 Å². The predicted octanol–water partition coefficient (Wildman–Crippen LogP) is 5.19. The van der Waals surface area contributed by atoms with E-state index in [0.717, 1.165) is 10.2 Å². The Morgan fingerprint density at radius 3 is 2.59 bits per heavy atom. The fraction of sp³-hybridized carbons (Fsp3) is 0.258. The van der Waals surface area contributed by atoms with Crippen LogP contribution in [0.1, 0.15) is 22.3 Å². The van der Waals surface area contributed by atoms with Crippen LogP contribution < -0.4 is 15.6 Å². The number of nitrogens with zero attached hydrogens (tertiary/aromatic N) is 4. The number of anilines is 1. The highest BCUT2D eigenvalue weighted by Crippen LogP contribution is 2.41. The van der Waals surface area contributed by atoms with E-state index in [4.69, 9.17) is 42.4 Å². The highest BCUT2D eigenvalue weighted by Gasteiger charge is 2.43. The van der Waals surface area contributed by atoms with Crippen molar-refractivity contribution in [2.45, 2.75) is 25.1 Å². The van der Waals surface area contributed by atoms with Gasteiger partial charge in [0.15, 0.2) is 0 Å². The zero-order valence-electron chi connectivity index (χ0n) is 23.8. The number of carbonyl (C=O) groups is 2. The summed E-state index contributed by atoms with van der Waals surface area (Å²) < 4.78 is 17.6. The monoisotopic (exact) mass is 635 g/mol. The van der Waals surface area contributed by atoms with Crippen LogP contribution in [-0.4, -0.2) is 64.1 Å². The third-order valence-electron chi connectivity index (χ3n) is 7.69. The Hall–Kier alpha value is -4.45. The largest absolute Gasteiger partial charge is 0.481 e. The molecule has 11 nitrogen and oxygen atoms in total. The molecule has 6 rings (SSSR count). The van der Waals surface area contributed by atoms with Gasteiger partial charge in [-0.05, 0) is 30.7 Å². The van der Waals surface area contributed by atoms with E-state index in [1.165, 1.54) is 26.4 Å². The van der Waals surface area contributed by atoms with Crippen molar-refractivity contribution in [3.63, 3.8) is 0 Å². The molecule has 2 atom stereocenters. The molecule has 44 heavy (non-hydrogen) atoms. The lowest BCUT2D eigenvalue weighted by molar-refractivity contribution is -0.00816. The van der Waals surface area contributed by atoms with Crippen molar-refractivity contribution in [3.8, 4) is 28.3 Å². The first kappa shape index (κ1) is 29.6. The molecule has 0 aliphatic carbocycles. The molecule has 4 heterocycles. The van der Waals surface area contributed by atoms with Gasteiger partial charge in [0.05, 0.1) is 47.7 Å². The molecular formula is C31H27Cl2N5O6. The van der Waals surface area contributed by atoms with Crippen molar-refractivity contribution in [1.82, 2.24) is 19.7 Å². The number of halogens is 2. The van der Waals surface area contributed by atoms with E-state index in [9.17, 15) is 14.4 Å². The van der Waals surface area contributed by atoms with E-state index in [-0.39, 0.29) is 35.4 Å². The molecule has 2 aliphatic rings. The van der Waals surface area contributed by atoms with Crippen molar-refractivity contribution in [1.29, 1.82) is 0 Å². The lowest BCUT2D eigenvalue weighted by atomic mass is 10.00. The van der Waals surface area contributed by atoms with Gasteiger partial charge in [0.25, 0.3) is 11.5 Å². The van der Waals surface area contributed by atoms with Gasteiger partial charge < -0.3 is 19.5 Å². The number of pyridine rings is 1. The zero-order valence-corrected chi connectivity index (χ0v) is 25.3. The van der Waals surface area contributed by atoms with Gasteiger partial charge in [0.2, 0.25) is 5.88 Å². The Morgan fingerprint density at radius 1 is 1.05 bits per heavy atom. The van der Waals surface area contributed by atoms with Gasteiger partial charge in [-0.3, -0.25) is 14.5 Å². The molecule has 1 N–H and O–H groups in total. The molecule has 2 unspecified atom stereocenters. The molecule has 226 valence electrons. The van der Waals surface area contributed by atoms with Crippen LogP contribution in [0.5, 0.6) is 5.88 Å². The minimum Gasteiger partial charge on any atom is -0.481 e. The highest BCUT2D eigenvalue weighted by molar-refractivity contribution is 6.39. The lowest BCUT2D eigenvalue weighted by Crippen LogP contribution is -2.42. The van der Waals surface area contributed by atoms with Crippen molar-refractivity contribution in [2.75, 3.05) is 25.6 Å². The van der Waals surface area contributed by atoms with Crippen LogP contribution >= 0.6 is 23.2 Å². The number of methoxy groups -OCH3 is 1. The van der Waals surface area contributed by atoms with Crippen LogP contribution in [-0.2, 0) is 23.1 Å². The number of aryl methyl sites for hydroxylation is 1. The third kappa shape index (κ3) is 5.49. The Balaban J connectivity index is 1.28. The average Bonchev–Trinajstić information content (AvgIpc) is 3.34. The van der Waals surface area contributed by atoms with E-state index < -0.39 is 11.5 Å². The lowest BCUT2D eigenvalue weighted by Gasteiger charge is -2.28. The van der Waals surface area contributed by atoms with Crippen molar-refractivity contribution in [2.24, 2.45) is 7.05 Å². The number of amides is 2. The molecule has 2 aromatic heterocycles. The normalized spacial score (nSPS) is 17.6. The number of hydrogen-bond donors (Lipinski definition) is 1. The maximum Gasteiger partial charge on any atom is 0.410 e. The van der Waals surface area contributed by atoms with Gasteiger partial charge in [-0.25, -0.2) is 14.5 Å². The molecule has 0 saturated carbocycles. The van der Waals surface area contributed by atoms with Crippen LogP contribution in [0.4, 0.5) is 10.5 Å². The molecular weight excluding hydrogens is 609 g/mol. The van der Waals surface area contributed by atoms with Crippen molar-refractivity contribution >= 4 is 40.9 Å². The molecule has 13 heteroatoms. The minimum atomic E-state index is -0.613. The first-order chi connectivity index (χ1) is 21.3. The summed E-state index contributed by atoms with van der Waals surface area (Å²) in [5.41, 5.74) is 2.80. The summed E-state index contributed by atoms with van der Waals surface area (Å²) in [6, 6.07) is 15.6. The molecule has 2 fully saturated rings. The molecule has 0 radical (unpaired) electrons. The highest BCUT2D eigenvalue weighted by atomic mass is 35.5. The van der Waals surface area contributed by atoms with Crippen LogP contribution in [0, 0.1) is 0 Å². The maximum atomic E-state index is 12.9. The summed E-state index contributed by atoms with van der Waals surface area (Å²) in [7, 11) is 2.99. The van der Waals surface area contributed by atoms with Gasteiger partial charge in [0, 0.05) is 42.1 Å². The van der Waals surface area contributed by atoms with Crippen LogP contribution in [0.25, 0.3) is 22.4 Å². The van der Waals surface area contributed by atoms with Gasteiger partial charge in [-0.1, -0.05) is 53.5 Å². The molecule has 0 spiro atoms. The predicted molar refractivity (Wildman–Crippen MR) is 164 cm³/mol. The second-order valence-corrected chi connectivity index (χ2v) is 11.1. The van der Waals surface area contributed by atoms with E-state index in [0.29, 0.717) is 58.6 Å². The molecule has 4 aromatic rings. The van der Waals surface area contributed by atoms with Gasteiger partial charge in [-0.2, -0.15) is 5.10 Å². The van der Waals surface area contributed by atoms with Crippen molar-refractivity contribution in [3.05, 3.63) is 92.3 Å². The van der Waals surface area contributed by atoms with E-state index in [1.54, 1.807) is 23.1 Å². The Kier molecular flexibility index (Phi) is 8.26. The second kappa shape index (κ2) is 12.3. The number of hydrogen-bond acceptors (Lipinski definition) is 8. The third-order valence-corrected chi connectivity index (χ3v) is 8.51. The molecule has 2 saturated heterocycles. The first-order valence-corrected chi connectivity index (χ1v) is 14.5. The summed E-state index contributed by atoms with van der Waals surface area (Å²) in [4.78, 5) is 44.2. The molecule has 2 amide bonds. The summed E-state index contributed by atoms with van der Waals surface area (Å²) in [6.45, 7) is 1.24. The van der Waals surface area contributed by atoms with Crippen LogP contribution in [0.15, 0.2) is 65.6 Å². The number of nitrogens with one attached hydrogen (secondary N) is 1. The topological polar surface area (TPSA) is 125 Å². The van der Waals surface area contributed by atoms with E-state index in [2.05, 4.69) is 10.4 Å². The summed E-state index contributed by atoms with van der Waals surface area (Å²) >= 11 is 13.7. The standard InChI is InChI=1S/C31H27Cl2N5O6/c1-37-30(40)21(11-13-34-37)28(39)35-23-8-4-6-19(27(23)33)18-5-3-7-20(26(18)32)22-10-9-17(29(36-22)42-2)15-38-24-12-14-43-16-25(24)44-31(38)41/h3-11,13,24-25H,12,14-16H2,1-2H3,(H,35,39). The maximum absolute atomic E-state index is 12.9. The number of fused-ring (bicyclic) bond motifs is 1. The van der Waals surface area contributed by atoms with Gasteiger partial charge >= 0.3 is 6.09 Å². The first-order valence-electron chi connectivity index (χ1n) is 13.8. The number of carbonyl (C=O) groups excluding carboxylic acids is 2. The summed E-state index contributed by atoms with van der Waals surface area (Å²) in [5, 5.41) is 7.19. The Morgan fingerprint density at radius 2 is 1.80 bits per heavy atom. The number of benzene rings is 2. The Bertz CT molecular complexity index is 1830. The average molecular weight is 636 g/mol. The van der Waals surface area contributed by atoms with Crippen LogP contribution in [0.2, 0.25) is 10.0 Å². The minimum absolute atomic E-state index is 0.0629. The summed E-state index contributed by atoms with van der Waals surface area (Å²) in [6.07, 6.45) is 1.41. The second-order valence-electron chi connectivity index (χ2n) is 10.3. The van der Waals surface area contributed by atoms with Crippen LogP contribution in [0.3, 0.4) is 0 Å². The molecule has 0 bridgehead atoms. The number of aromatic nitrogens is 3. The fourth-order valence-electron chi connectivity index (χ4n) is 5.43. The van der Waals surface area contributed by atoms with Gasteiger partial charge in [0.1, 0.15) is 11.7 Å². The SMILES string of the molecule is COc1nc(-c2cccc(-c3cccc(NC(=O)c4ccnn(C)c4=O)c3Cl)c2Cl)ccc1CN1C(=O)OC2COCCC21. The fourth-order valence-corrected chi connectivity index (χ4v) is 6.03. The summed E-state index contributed by atoms with van der Waals surface area (Å²) in [5.74, 6) is -0.255. The quantitative estimate of drug-likeness (QED) is 0.294. The number of rotatable bonds is 7. The van der Waals surface area contributed by atoms with E-state index >= 15 is 0 Å².